The van der Waals surface area contributed by atoms with Crippen molar-refractivity contribution in [2.45, 2.75) is 25.4 Å². The Morgan fingerprint density at radius 1 is 1.45 bits per heavy atom. The molecule has 1 aliphatic heterocycles. The van der Waals surface area contributed by atoms with Crippen molar-refractivity contribution in [2.75, 3.05) is 32.5 Å². The van der Waals surface area contributed by atoms with Gasteiger partial charge in [0.15, 0.2) is 5.96 Å². The van der Waals surface area contributed by atoms with E-state index in [2.05, 4.69) is 34.2 Å². The van der Waals surface area contributed by atoms with E-state index in [0.717, 1.165) is 31.0 Å². The van der Waals surface area contributed by atoms with Crippen LogP contribution in [-0.2, 0) is 6.54 Å². The van der Waals surface area contributed by atoms with Gasteiger partial charge in [-0.3, -0.25) is 15.3 Å². The van der Waals surface area contributed by atoms with E-state index >= 15 is 0 Å². The molecule has 2 rings (SSSR count). The Kier molecular flexibility index (Phi) is 4.92. The molecule has 0 spiro atoms. The topological polar surface area (TPSA) is 81.3 Å². The number of piperidine rings is 1. The van der Waals surface area contributed by atoms with Crippen molar-refractivity contribution in [2.24, 2.45) is 5.73 Å². The number of aromatic nitrogens is 1. The van der Waals surface area contributed by atoms with Crippen LogP contribution in [0.1, 0.15) is 18.5 Å². The number of guanidine groups is 1. The third-order valence-corrected chi connectivity index (χ3v) is 3.78. The first-order chi connectivity index (χ1) is 9.54. The second-order valence-electron chi connectivity index (χ2n) is 5.55. The summed E-state index contributed by atoms with van der Waals surface area (Å²) in [4.78, 5) is 9.18. The number of likely N-dealkylation sites (tertiary alicyclic amines) is 1. The first-order valence-electron chi connectivity index (χ1n) is 6.99. The Morgan fingerprint density at radius 3 is 2.65 bits per heavy atom. The van der Waals surface area contributed by atoms with Crippen LogP contribution in [0.25, 0.3) is 0 Å². The first kappa shape index (κ1) is 14.7. The van der Waals surface area contributed by atoms with Crippen molar-refractivity contribution in [3.8, 4) is 0 Å². The standard InChI is InChI=1S/C14H24N6/c1-19(2)13-5-7-20(8-6-13)10-12-4-3-11(9-17-12)18-14(15)16/h3-4,9,13H,5-8,10H2,1-2H3,(H4,15,16,18). The summed E-state index contributed by atoms with van der Waals surface area (Å²) in [7, 11) is 4.31. The average Bonchev–Trinajstić information content (AvgIpc) is 2.41. The van der Waals surface area contributed by atoms with Crippen LogP contribution >= 0.6 is 0 Å². The smallest absolute Gasteiger partial charge is 0.190 e. The summed E-state index contributed by atoms with van der Waals surface area (Å²) in [6, 6.07) is 4.61. The minimum atomic E-state index is -0.0645. The van der Waals surface area contributed by atoms with Crippen LogP contribution in [0.4, 0.5) is 5.69 Å². The fourth-order valence-corrected chi connectivity index (χ4v) is 2.57. The predicted molar refractivity (Wildman–Crippen MR) is 81.8 cm³/mol. The van der Waals surface area contributed by atoms with Gasteiger partial charge in [-0.15, -0.1) is 0 Å². The Morgan fingerprint density at radius 2 is 2.15 bits per heavy atom. The molecule has 1 aliphatic rings. The summed E-state index contributed by atoms with van der Waals surface area (Å²) >= 11 is 0. The largest absolute Gasteiger partial charge is 0.370 e. The van der Waals surface area contributed by atoms with Gasteiger partial charge in [0.25, 0.3) is 0 Å². The van der Waals surface area contributed by atoms with E-state index in [4.69, 9.17) is 11.1 Å². The molecule has 0 aromatic carbocycles. The Hall–Kier alpha value is -1.66. The van der Waals surface area contributed by atoms with Gasteiger partial charge in [-0.1, -0.05) is 0 Å². The van der Waals surface area contributed by atoms with Crippen LogP contribution in [0.15, 0.2) is 18.3 Å². The summed E-state index contributed by atoms with van der Waals surface area (Å²) < 4.78 is 0. The molecule has 2 heterocycles. The maximum atomic E-state index is 7.17. The third-order valence-electron chi connectivity index (χ3n) is 3.78. The molecule has 20 heavy (non-hydrogen) atoms. The van der Waals surface area contributed by atoms with Crippen LogP contribution in [0.3, 0.4) is 0 Å². The maximum Gasteiger partial charge on any atom is 0.190 e. The molecule has 0 bridgehead atoms. The SMILES string of the molecule is CN(C)C1CCN(Cc2ccc(NC(=N)N)cn2)CC1. The van der Waals surface area contributed by atoms with Crippen LogP contribution < -0.4 is 11.1 Å². The monoisotopic (exact) mass is 276 g/mol. The summed E-state index contributed by atoms with van der Waals surface area (Å²) in [5, 5.41) is 9.90. The molecule has 0 radical (unpaired) electrons. The second kappa shape index (κ2) is 6.67. The fourth-order valence-electron chi connectivity index (χ4n) is 2.57. The number of pyridine rings is 1. The number of nitrogens with two attached hydrogens (primary N) is 1. The van der Waals surface area contributed by atoms with Crippen LogP contribution in [0.2, 0.25) is 0 Å². The molecule has 110 valence electrons. The fraction of sp³-hybridized carbons (Fsp3) is 0.571. The zero-order valence-corrected chi connectivity index (χ0v) is 12.3. The molecule has 6 nitrogen and oxygen atoms in total. The van der Waals surface area contributed by atoms with E-state index in [9.17, 15) is 0 Å². The molecule has 1 aromatic rings. The van der Waals surface area contributed by atoms with E-state index in [1.165, 1.54) is 12.8 Å². The number of rotatable bonds is 4. The lowest BCUT2D eigenvalue weighted by molar-refractivity contribution is 0.139. The molecular weight excluding hydrogens is 252 g/mol. The highest BCUT2D eigenvalue weighted by Crippen LogP contribution is 2.16. The molecule has 0 aliphatic carbocycles. The van der Waals surface area contributed by atoms with Crippen molar-refractivity contribution in [3.05, 3.63) is 24.0 Å². The third kappa shape index (κ3) is 4.18. The highest BCUT2D eigenvalue weighted by molar-refractivity contribution is 5.89. The molecule has 0 atom stereocenters. The van der Waals surface area contributed by atoms with E-state index in [-0.39, 0.29) is 5.96 Å². The van der Waals surface area contributed by atoms with Gasteiger partial charge < -0.3 is 16.0 Å². The summed E-state index contributed by atoms with van der Waals surface area (Å²) in [5.41, 5.74) is 7.10. The first-order valence-corrected chi connectivity index (χ1v) is 6.99. The lowest BCUT2D eigenvalue weighted by atomic mass is 10.0. The summed E-state index contributed by atoms with van der Waals surface area (Å²) in [6.45, 7) is 3.14. The van der Waals surface area contributed by atoms with Gasteiger partial charge in [-0.05, 0) is 39.1 Å². The Balaban J connectivity index is 1.83. The van der Waals surface area contributed by atoms with E-state index < -0.39 is 0 Å². The number of anilines is 1. The van der Waals surface area contributed by atoms with E-state index in [1.54, 1.807) is 6.20 Å². The number of hydrogen-bond donors (Lipinski definition) is 3. The molecule has 6 heteroatoms. The zero-order chi connectivity index (χ0) is 14.5. The number of hydrogen-bond acceptors (Lipinski definition) is 4. The van der Waals surface area contributed by atoms with Gasteiger partial charge in [-0.2, -0.15) is 0 Å². The van der Waals surface area contributed by atoms with E-state index in [1.807, 2.05) is 12.1 Å². The van der Waals surface area contributed by atoms with Gasteiger partial charge >= 0.3 is 0 Å². The minimum absolute atomic E-state index is 0.0645. The maximum absolute atomic E-state index is 7.17. The molecule has 0 saturated carbocycles. The zero-order valence-electron chi connectivity index (χ0n) is 12.3. The van der Waals surface area contributed by atoms with Gasteiger partial charge in [0.2, 0.25) is 0 Å². The molecule has 0 unspecified atom stereocenters. The van der Waals surface area contributed by atoms with Crippen LogP contribution in [0, 0.1) is 5.41 Å². The summed E-state index contributed by atoms with van der Waals surface area (Å²) in [5.74, 6) is -0.0645. The number of nitrogens with one attached hydrogen (secondary N) is 2. The normalized spacial score (nSPS) is 17.4. The highest BCUT2D eigenvalue weighted by atomic mass is 15.2. The molecule has 1 fully saturated rings. The van der Waals surface area contributed by atoms with Gasteiger partial charge in [0, 0.05) is 25.7 Å². The lowest BCUT2D eigenvalue weighted by Crippen LogP contribution is -2.41. The summed E-state index contributed by atoms with van der Waals surface area (Å²) in [6.07, 6.45) is 4.16. The van der Waals surface area contributed by atoms with E-state index in [0.29, 0.717) is 6.04 Å². The van der Waals surface area contributed by atoms with Crippen molar-refractivity contribution in [1.82, 2.24) is 14.8 Å². The quantitative estimate of drug-likeness (QED) is 0.562. The lowest BCUT2D eigenvalue weighted by Gasteiger charge is -2.34. The van der Waals surface area contributed by atoms with Crippen LogP contribution in [0.5, 0.6) is 0 Å². The second-order valence-corrected chi connectivity index (χ2v) is 5.55. The number of nitrogens with zero attached hydrogens (tertiary/aromatic N) is 3. The van der Waals surface area contributed by atoms with Crippen molar-refractivity contribution < 1.29 is 0 Å². The Bertz CT molecular complexity index is 433. The average molecular weight is 276 g/mol. The molecular formula is C14H24N6. The molecule has 1 saturated heterocycles. The van der Waals surface area contributed by atoms with Gasteiger partial charge in [0.05, 0.1) is 17.6 Å². The van der Waals surface area contributed by atoms with Gasteiger partial charge in [0.1, 0.15) is 0 Å². The predicted octanol–water partition coefficient (Wildman–Crippen LogP) is 0.913. The molecule has 4 N–H and O–H groups in total. The highest BCUT2D eigenvalue weighted by Gasteiger charge is 2.20. The molecule has 1 aromatic heterocycles. The Labute approximate surface area is 120 Å². The molecule has 0 amide bonds. The van der Waals surface area contributed by atoms with Crippen molar-refractivity contribution in [1.29, 1.82) is 5.41 Å². The van der Waals surface area contributed by atoms with Crippen molar-refractivity contribution >= 4 is 11.6 Å². The van der Waals surface area contributed by atoms with Crippen molar-refractivity contribution in [3.63, 3.8) is 0 Å². The minimum Gasteiger partial charge on any atom is -0.370 e. The van der Waals surface area contributed by atoms with Crippen LogP contribution in [-0.4, -0.2) is 54.0 Å². The van der Waals surface area contributed by atoms with Gasteiger partial charge in [-0.25, -0.2) is 0 Å².